The average Bonchev–Trinajstić information content (AvgIpc) is 2.77. The van der Waals surface area contributed by atoms with Crippen molar-refractivity contribution in [2.45, 2.75) is 72.1 Å². The number of aryl methyl sites for hydroxylation is 2. The summed E-state index contributed by atoms with van der Waals surface area (Å²) in [5, 5.41) is 17.8. The number of hydrogen-bond acceptors (Lipinski definition) is 6. The van der Waals surface area contributed by atoms with Crippen LogP contribution in [-0.4, -0.2) is 45.7 Å². The molecular formula is C27H36N4O5. The second kappa shape index (κ2) is 12.7. The van der Waals surface area contributed by atoms with Gasteiger partial charge in [0.25, 0.3) is 0 Å². The quantitative estimate of drug-likeness (QED) is 0.422. The Morgan fingerprint density at radius 2 is 1.78 bits per heavy atom. The first-order valence-electron chi connectivity index (χ1n) is 11.8. The van der Waals surface area contributed by atoms with Crippen LogP contribution in [0.3, 0.4) is 0 Å². The van der Waals surface area contributed by atoms with E-state index in [1.165, 1.54) is 6.20 Å². The van der Waals surface area contributed by atoms with Gasteiger partial charge in [-0.2, -0.15) is 0 Å². The highest BCUT2D eigenvalue weighted by Gasteiger charge is 2.28. The van der Waals surface area contributed by atoms with Crippen molar-refractivity contribution in [2.24, 2.45) is 0 Å². The molecule has 9 nitrogen and oxygen atoms in total. The number of carbonyl (C=O) groups is 3. The summed E-state index contributed by atoms with van der Waals surface area (Å²) < 4.78 is 5.33. The molecule has 0 aliphatic heterocycles. The van der Waals surface area contributed by atoms with Gasteiger partial charge in [0.2, 0.25) is 11.8 Å². The van der Waals surface area contributed by atoms with Crippen molar-refractivity contribution in [1.29, 1.82) is 0 Å². The molecule has 0 bridgehead atoms. The smallest absolute Gasteiger partial charge is 0.408 e. The molecule has 36 heavy (non-hydrogen) atoms. The third-order valence-corrected chi connectivity index (χ3v) is 5.27. The second-order valence-electron chi connectivity index (χ2n) is 9.67. The maximum Gasteiger partial charge on any atom is 0.408 e. The fourth-order valence-electron chi connectivity index (χ4n) is 3.52. The van der Waals surface area contributed by atoms with Crippen LogP contribution >= 0.6 is 0 Å². The summed E-state index contributed by atoms with van der Waals surface area (Å²) in [5.74, 6) is -0.815. The molecule has 4 N–H and O–H groups in total. The Kier molecular flexibility index (Phi) is 10.0. The fraction of sp³-hybridized carbons (Fsp3) is 0.407. The number of carbonyl (C=O) groups excluding carboxylic acids is 3. The minimum absolute atomic E-state index is 0.122. The van der Waals surface area contributed by atoms with Crippen LogP contribution in [0.4, 0.5) is 4.79 Å². The van der Waals surface area contributed by atoms with E-state index in [0.29, 0.717) is 6.42 Å². The molecule has 2 aromatic rings. The summed E-state index contributed by atoms with van der Waals surface area (Å²) in [5.41, 5.74) is 2.62. The number of aromatic hydroxyl groups is 1. The lowest BCUT2D eigenvalue weighted by molar-refractivity contribution is -0.129. The molecule has 9 heteroatoms. The van der Waals surface area contributed by atoms with E-state index in [-0.39, 0.29) is 12.2 Å². The zero-order valence-electron chi connectivity index (χ0n) is 21.7. The van der Waals surface area contributed by atoms with Crippen LogP contribution < -0.4 is 16.0 Å². The van der Waals surface area contributed by atoms with Crippen LogP contribution in [-0.2, 0) is 27.2 Å². The number of pyridine rings is 1. The molecule has 194 valence electrons. The van der Waals surface area contributed by atoms with Gasteiger partial charge in [-0.15, -0.1) is 0 Å². The Hall–Kier alpha value is -3.88. The van der Waals surface area contributed by atoms with Crippen LogP contribution in [0.2, 0.25) is 0 Å². The van der Waals surface area contributed by atoms with Crippen LogP contribution in [0.5, 0.6) is 5.75 Å². The molecule has 2 atom stereocenters. The van der Waals surface area contributed by atoms with Crippen molar-refractivity contribution in [3.05, 3.63) is 71.2 Å². The Morgan fingerprint density at radius 3 is 2.36 bits per heavy atom. The molecule has 1 aromatic carbocycles. The van der Waals surface area contributed by atoms with E-state index in [1.807, 2.05) is 26.0 Å². The normalized spacial score (nSPS) is 13.1. The molecule has 0 aliphatic carbocycles. The predicted octanol–water partition coefficient (Wildman–Crippen LogP) is 3.22. The monoisotopic (exact) mass is 496 g/mol. The van der Waals surface area contributed by atoms with Crippen molar-refractivity contribution in [2.75, 3.05) is 0 Å². The summed E-state index contributed by atoms with van der Waals surface area (Å²) in [7, 11) is 0. The van der Waals surface area contributed by atoms with Gasteiger partial charge in [0.05, 0.1) is 0 Å². The van der Waals surface area contributed by atoms with Crippen molar-refractivity contribution in [3.8, 4) is 5.75 Å². The number of benzene rings is 1. The lowest BCUT2D eigenvalue weighted by Crippen LogP contribution is -2.53. The zero-order valence-corrected chi connectivity index (χ0v) is 21.7. The van der Waals surface area contributed by atoms with Crippen LogP contribution in [0, 0.1) is 13.8 Å². The van der Waals surface area contributed by atoms with Crippen molar-refractivity contribution in [1.82, 2.24) is 20.9 Å². The van der Waals surface area contributed by atoms with Crippen molar-refractivity contribution < 1.29 is 24.2 Å². The number of ether oxygens (including phenoxy) is 1. The van der Waals surface area contributed by atoms with Gasteiger partial charge in [-0.05, 0) is 88.4 Å². The van der Waals surface area contributed by atoms with Gasteiger partial charge in [0, 0.05) is 25.0 Å². The first kappa shape index (κ1) is 28.4. The molecule has 0 aliphatic rings. The molecule has 1 unspecified atom stereocenters. The number of allylic oxidation sites excluding steroid dienone is 1. The van der Waals surface area contributed by atoms with E-state index in [9.17, 15) is 19.5 Å². The Balaban J connectivity index is 2.07. The third kappa shape index (κ3) is 9.40. The SMILES string of the molecule is Cc1cc(O)cc(C)c1CC(NC(=O)OC(C)(C)C)C(=O)N[C@H](C)C(=O)N/C=C/Cc1cccnc1. The predicted molar refractivity (Wildman–Crippen MR) is 137 cm³/mol. The summed E-state index contributed by atoms with van der Waals surface area (Å²) in [6.45, 7) is 10.4. The lowest BCUT2D eigenvalue weighted by atomic mass is 9.95. The van der Waals surface area contributed by atoms with Crippen molar-refractivity contribution >= 4 is 17.9 Å². The Labute approximate surface area is 212 Å². The van der Waals surface area contributed by atoms with E-state index in [2.05, 4.69) is 20.9 Å². The molecule has 1 aromatic heterocycles. The summed E-state index contributed by atoms with van der Waals surface area (Å²) in [6.07, 6.45) is 6.75. The summed E-state index contributed by atoms with van der Waals surface area (Å²) in [4.78, 5) is 42.1. The number of hydrogen-bond donors (Lipinski definition) is 4. The second-order valence-corrected chi connectivity index (χ2v) is 9.67. The third-order valence-electron chi connectivity index (χ3n) is 5.27. The summed E-state index contributed by atoms with van der Waals surface area (Å²) in [6, 6.07) is 5.10. The molecule has 0 radical (unpaired) electrons. The molecular weight excluding hydrogens is 460 g/mol. The Morgan fingerprint density at radius 1 is 1.11 bits per heavy atom. The number of phenolic OH excluding ortho intramolecular Hbond substituents is 1. The summed E-state index contributed by atoms with van der Waals surface area (Å²) >= 11 is 0. The fourth-order valence-corrected chi connectivity index (χ4v) is 3.52. The molecule has 0 fully saturated rings. The average molecular weight is 497 g/mol. The number of phenols is 1. The standard InChI is InChI=1S/C27H36N4O5/c1-17-13-21(32)14-18(2)22(17)15-23(31-26(35)36-27(4,5)6)25(34)30-19(3)24(33)29-12-8-10-20-9-7-11-28-16-20/h7-9,11-14,16,19,23,32H,10,15H2,1-6H3,(H,29,33)(H,30,34)(H,31,35)/b12-8+/t19-,23?/m1/s1. The number of rotatable bonds is 9. The van der Waals surface area contributed by atoms with Crippen LogP contribution in [0.1, 0.15) is 49.9 Å². The van der Waals surface area contributed by atoms with E-state index in [1.54, 1.807) is 58.3 Å². The maximum absolute atomic E-state index is 13.1. The molecule has 2 rings (SSSR count). The topological polar surface area (TPSA) is 130 Å². The van der Waals surface area contributed by atoms with Gasteiger partial charge < -0.3 is 25.8 Å². The van der Waals surface area contributed by atoms with E-state index < -0.39 is 35.6 Å². The molecule has 0 saturated carbocycles. The highest BCUT2D eigenvalue weighted by Crippen LogP contribution is 2.22. The van der Waals surface area contributed by atoms with Gasteiger partial charge in [-0.3, -0.25) is 14.6 Å². The number of amides is 3. The highest BCUT2D eigenvalue weighted by atomic mass is 16.6. The van der Waals surface area contributed by atoms with Gasteiger partial charge in [-0.25, -0.2) is 4.79 Å². The Bertz CT molecular complexity index is 1070. The van der Waals surface area contributed by atoms with Crippen LogP contribution in [0.15, 0.2) is 48.9 Å². The molecule has 0 spiro atoms. The maximum atomic E-state index is 13.1. The number of nitrogens with zero attached hydrogens (tertiary/aromatic N) is 1. The first-order chi connectivity index (χ1) is 16.9. The minimum Gasteiger partial charge on any atom is -0.508 e. The number of alkyl carbamates (subject to hydrolysis) is 1. The molecule has 1 heterocycles. The highest BCUT2D eigenvalue weighted by molar-refractivity contribution is 5.91. The lowest BCUT2D eigenvalue weighted by Gasteiger charge is -2.25. The van der Waals surface area contributed by atoms with Crippen LogP contribution in [0.25, 0.3) is 0 Å². The first-order valence-corrected chi connectivity index (χ1v) is 11.8. The van der Waals surface area contributed by atoms with Gasteiger partial charge >= 0.3 is 6.09 Å². The number of aromatic nitrogens is 1. The van der Waals surface area contributed by atoms with Crippen molar-refractivity contribution in [3.63, 3.8) is 0 Å². The van der Waals surface area contributed by atoms with E-state index in [0.717, 1.165) is 22.3 Å². The van der Waals surface area contributed by atoms with Gasteiger partial charge in [-0.1, -0.05) is 12.1 Å². The van der Waals surface area contributed by atoms with Gasteiger partial charge in [0.1, 0.15) is 23.4 Å². The molecule has 3 amide bonds. The number of nitrogens with one attached hydrogen (secondary N) is 3. The molecule has 0 saturated heterocycles. The van der Waals surface area contributed by atoms with E-state index >= 15 is 0 Å². The zero-order chi connectivity index (χ0) is 26.9. The van der Waals surface area contributed by atoms with E-state index in [4.69, 9.17) is 4.74 Å². The largest absolute Gasteiger partial charge is 0.508 e. The minimum atomic E-state index is -1.00. The van der Waals surface area contributed by atoms with Gasteiger partial charge in [0.15, 0.2) is 0 Å².